The molecule has 0 saturated carbocycles. The lowest BCUT2D eigenvalue weighted by atomic mass is 9.94. The van der Waals surface area contributed by atoms with Gasteiger partial charge in [0.15, 0.2) is 0 Å². The van der Waals surface area contributed by atoms with Crippen LogP contribution in [0.15, 0.2) is 107 Å². The van der Waals surface area contributed by atoms with Gasteiger partial charge in [0.05, 0.1) is 11.6 Å². The van der Waals surface area contributed by atoms with Gasteiger partial charge in [-0.15, -0.1) is 0 Å². The second kappa shape index (κ2) is 10.4. The summed E-state index contributed by atoms with van der Waals surface area (Å²) in [6.07, 6.45) is 3.28. The molecule has 1 saturated heterocycles. The number of rotatable bonds is 6. The van der Waals surface area contributed by atoms with Gasteiger partial charge >= 0.3 is 0 Å². The van der Waals surface area contributed by atoms with Gasteiger partial charge in [-0.3, -0.25) is 14.6 Å². The van der Waals surface area contributed by atoms with E-state index in [1.807, 2.05) is 55.5 Å². The largest absolute Gasteiger partial charge is 0.507 e. The number of aliphatic hydroxyl groups excluding tert-OH is 1. The van der Waals surface area contributed by atoms with Crippen molar-refractivity contribution in [3.63, 3.8) is 0 Å². The fraction of sp³-hybridized carbons (Fsp3) is 0.100. The van der Waals surface area contributed by atoms with E-state index in [-0.39, 0.29) is 17.9 Å². The number of hydrogen-bond acceptors (Lipinski definition) is 5. The molecule has 0 bridgehead atoms. The molecule has 6 nitrogen and oxygen atoms in total. The quantitative estimate of drug-likeness (QED) is 0.166. The third-order valence-corrected chi connectivity index (χ3v) is 7.12. The molecule has 0 aliphatic carbocycles. The molecule has 1 N–H and O–H groups in total. The molecule has 184 valence electrons. The summed E-state index contributed by atoms with van der Waals surface area (Å²) in [5.41, 5.74) is 2.86. The molecule has 0 spiro atoms. The standard InChI is InChI=1S/C30H23BrN2O4/c1-19-16-22(10-11-25(19)31)28(34)26-27(33(30(36)29(26)35)18-20-12-14-32-15-13-20)21-6-5-9-24(17-21)37-23-7-3-2-4-8-23/h2-17,27,34H,18H2,1H3/b28-26-. The highest BCUT2D eigenvalue weighted by Crippen LogP contribution is 2.41. The van der Waals surface area contributed by atoms with Crippen LogP contribution in [0.4, 0.5) is 0 Å². The highest BCUT2D eigenvalue weighted by atomic mass is 79.9. The van der Waals surface area contributed by atoms with E-state index in [9.17, 15) is 14.7 Å². The lowest BCUT2D eigenvalue weighted by Gasteiger charge is -2.26. The Bertz CT molecular complexity index is 1500. The summed E-state index contributed by atoms with van der Waals surface area (Å²) in [6.45, 7) is 2.07. The van der Waals surface area contributed by atoms with Gasteiger partial charge in [-0.1, -0.05) is 52.3 Å². The van der Waals surface area contributed by atoms with Crippen LogP contribution in [-0.2, 0) is 16.1 Å². The summed E-state index contributed by atoms with van der Waals surface area (Å²) in [6, 6.07) is 24.7. The molecular formula is C30H23BrN2O4. The SMILES string of the molecule is Cc1cc(/C(O)=C2/C(=O)C(=O)N(Cc3ccncc3)C2c2cccc(Oc3ccccc3)c2)ccc1Br. The third kappa shape index (κ3) is 5.04. The maximum Gasteiger partial charge on any atom is 0.295 e. The maximum atomic E-state index is 13.4. The van der Waals surface area contributed by atoms with Gasteiger partial charge in [0.1, 0.15) is 17.3 Å². The van der Waals surface area contributed by atoms with E-state index in [1.165, 1.54) is 4.90 Å². The van der Waals surface area contributed by atoms with Crippen LogP contribution < -0.4 is 4.74 Å². The Kier molecular flexibility index (Phi) is 6.88. The van der Waals surface area contributed by atoms with E-state index in [2.05, 4.69) is 20.9 Å². The topological polar surface area (TPSA) is 79.7 Å². The van der Waals surface area contributed by atoms with Crippen molar-refractivity contribution < 1.29 is 19.4 Å². The van der Waals surface area contributed by atoms with E-state index in [0.29, 0.717) is 22.6 Å². The number of pyridine rings is 1. The first-order valence-corrected chi connectivity index (χ1v) is 12.5. The summed E-state index contributed by atoms with van der Waals surface area (Å²) in [4.78, 5) is 32.2. The Balaban J connectivity index is 1.62. The lowest BCUT2D eigenvalue weighted by Crippen LogP contribution is -2.29. The van der Waals surface area contributed by atoms with Crippen molar-refractivity contribution in [2.75, 3.05) is 0 Å². The molecule has 7 heteroatoms. The third-order valence-electron chi connectivity index (χ3n) is 6.23. The number of aromatic nitrogens is 1. The number of carbonyl (C=O) groups excluding carboxylic acids is 2. The summed E-state index contributed by atoms with van der Waals surface area (Å²) in [5, 5.41) is 11.4. The highest BCUT2D eigenvalue weighted by Gasteiger charge is 2.46. The Morgan fingerprint density at radius 1 is 0.946 bits per heavy atom. The molecule has 2 heterocycles. The number of halogens is 1. The minimum atomic E-state index is -0.809. The number of Topliss-reactive ketones (excluding diaryl/α,β-unsaturated/α-hetero) is 1. The van der Waals surface area contributed by atoms with E-state index in [4.69, 9.17) is 4.74 Å². The lowest BCUT2D eigenvalue weighted by molar-refractivity contribution is -0.140. The zero-order valence-corrected chi connectivity index (χ0v) is 21.6. The first-order valence-electron chi connectivity index (χ1n) is 11.7. The summed E-state index contributed by atoms with van der Waals surface area (Å²) in [5.74, 6) is -0.405. The number of amides is 1. The number of ketones is 1. The second-order valence-corrected chi connectivity index (χ2v) is 9.59. The maximum absolute atomic E-state index is 13.4. The smallest absolute Gasteiger partial charge is 0.295 e. The fourth-order valence-corrected chi connectivity index (χ4v) is 4.64. The zero-order valence-electron chi connectivity index (χ0n) is 20.0. The number of carbonyl (C=O) groups is 2. The number of aliphatic hydroxyl groups is 1. The van der Waals surface area contributed by atoms with Gasteiger partial charge in [-0.2, -0.15) is 0 Å². The zero-order chi connectivity index (χ0) is 25.9. The van der Waals surface area contributed by atoms with Crippen LogP contribution in [0.2, 0.25) is 0 Å². The Labute approximate surface area is 223 Å². The predicted octanol–water partition coefficient (Wildman–Crippen LogP) is 6.57. The second-order valence-electron chi connectivity index (χ2n) is 8.73. The fourth-order valence-electron chi connectivity index (χ4n) is 4.39. The molecule has 37 heavy (non-hydrogen) atoms. The van der Waals surface area contributed by atoms with Gasteiger partial charge in [-0.25, -0.2) is 0 Å². The van der Waals surface area contributed by atoms with Crippen LogP contribution >= 0.6 is 15.9 Å². The van der Waals surface area contributed by atoms with Crippen LogP contribution in [0.5, 0.6) is 11.5 Å². The number of aryl methyl sites for hydroxylation is 1. The first kappa shape index (κ1) is 24.5. The van der Waals surface area contributed by atoms with Crippen molar-refractivity contribution in [3.8, 4) is 11.5 Å². The molecule has 3 aromatic carbocycles. The van der Waals surface area contributed by atoms with Crippen molar-refractivity contribution in [2.45, 2.75) is 19.5 Å². The van der Waals surface area contributed by atoms with Gasteiger partial charge in [0, 0.05) is 29.0 Å². The monoisotopic (exact) mass is 554 g/mol. The van der Waals surface area contributed by atoms with Crippen molar-refractivity contribution in [1.82, 2.24) is 9.88 Å². The average molecular weight is 555 g/mol. The molecule has 1 fully saturated rings. The number of benzene rings is 3. The number of ether oxygens (including phenoxy) is 1. The predicted molar refractivity (Wildman–Crippen MR) is 144 cm³/mol. The van der Waals surface area contributed by atoms with Crippen LogP contribution in [0.3, 0.4) is 0 Å². The van der Waals surface area contributed by atoms with Crippen molar-refractivity contribution >= 4 is 33.4 Å². The molecule has 1 aliphatic rings. The number of nitrogens with zero attached hydrogens (tertiary/aromatic N) is 2. The first-order chi connectivity index (χ1) is 17.9. The average Bonchev–Trinajstić information content (AvgIpc) is 3.16. The van der Waals surface area contributed by atoms with Crippen LogP contribution in [0, 0.1) is 6.92 Å². The van der Waals surface area contributed by atoms with Gasteiger partial charge in [-0.05, 0) is 72.1 Å². The molecule has 1 atom stereocenters. The number of para-hydroxylation sites is 1. The van der Waals surface area contributed by atoms with Gasteiger partial charge < -0.3 is 14.7 Å². The molecule has 5 rings (SSSR count). The van der Waals surface area contributed by atoms with Gasteiger partial charge in [0.25, 0.3) is 11.7 Å². The van der Waals surface area contributed by atoms with Crippen molar-refractivity contribution in [1.29, 1.82) is 0 Å². The molecule has 1 unspecified atom stereocenters. The molecule has 1 amide bonds. The number of hydrogen-bond donors (Lipinski definition) is 1. The minimum absolute atomic E-state index is 0.0395. The molecule has 1 aliphatic heterocycles. The molecule has 0 radical (unpaired) electrons. The van der Waals surface area contributed by atoms with Gasteiger partial charge in [0.2, 0.25) is 0 Å². The van der Waals surface area contributed by atoms with Crippen LogP contribution in [-0.4, -0.2) is 26.7 Å². The highest BCUT2D eigenvalue weighted by molar-refractivity contribution is 9.10. The van der Waals surface area contributed by atoms with E-state index in [1.54, 1.807) is 48.8 Å². The van der Waals surface area contributed by atoms with Crippen LogP contribution in [0.1, 0.15) is 28.3 Å². The molecular weight excluding hydrogens is 532 g/mol. The summed E-state index contributed by atoms with van der Waals surface area (Å²) >= 11 is 3.47. The Morgan fingerprint density at radius 2 is 1.68 bits per heavy atom. The number of likely N-dealkylation sites (tertiary alicyclic amines) is 1. The summed E-state index contributed by atoms with van der Waals surface area (Å²) < 4.78 is 6.89. The minimum Gasteiger partial charge on any atom is -0.507 e. The van der Waals surface area contributed by atoms with E-state index < -0.39 is 17.7 Å². The molecule has 4 aromatic rings. The normalized spacial score (nSPS) is 16.7. The Morgan fingerprint density at radius 3 is 2.41 bits per heavy atom. The Hall–Kier alpha value is -4.23. The molecule has 1 aromatic heterocycles. The van der Waals surface area contributed by atoms with Crippen molar-refractivity contribution in [3.05, 3.63) is 130 Å². The summed E-state index contributed by atoms with van der Waals surface area (Å²) in [7, 11) is 0. The van der Waals surface area contributed by atoms with Crippen LogP contribution in [0.25, 0.3) is 5.76 Å². The van der Waals surface area contributed by atoms with E-state index >= 15 is 0 Å². The van der Waals surface area contributed by atoms with Crippen molar-refractivity contribution in [2.24, 2.45) is 0 Å². The van der Waals surface area contributed by atoms with E-state index in [0.717, 1.165) is 15.6 Å².